The number of halogens is 1. The van der Waals surface area contributed by atoms with Gasteiger partial charge in [0.15, 0.2) is 6.29 Å². The molecule has 1 aromatic carbocycles. The van der Waals surface area contributed by atoms with Crippen LogP contribution in [0.5, 0.6) is 0 Å². The van der Waals surface area contributed by atoms with E-state index in [4.69, 9.17) is 17.3 Å². The van der Waals surface area contributed by atoms with E-state index in [0.29, 0.717) is 10.7 Å². The van der Waals surface area contributed by atoms with Crippen molar-refractivity contribution in [3.63, 3.8) is 0 Å². The van der Waals surface area contributed by atoms with E-state index in [0.717, 1.165) is 16.9 Å². The van der Waals surface area contributed by atoms with Gasteiger partial charge in [-0.25, -0.2) is 0 Å². The number of nitrogens with zero attached hydrogens (tertiary/aromatic N) is 1. The van der Waals surface area contributed by atoms with Crippen LogP contribution in [0, 0.1) is 0 Å². The van der Waals surface area contributed by atoms with Gasteiger partial charge >= 0.3 is 0 Å². The van der Waals surface area contributed by atoms with Crippen molar-refractivity contribution in [1.29, 1.82) is 0 Å². The maximum Gasteiger partial charge on any atom is 0.153 e. The summed E-state index contributed by atoms with van der Waals surface area (Å²) in [6.45, 7) is 0. The van der Waals surface area contributed by atoms with Crippen molar-refractivity contribution in [3.8, 4) is 0 Å². The summed E-state index contributed by atoms with van der Waals surface area (Å²) in [4.78, 5) is 13.6. The van der Waals surface area contributed by atoms with Crippen LogP contribution in [0.25, 0.3) is 0 Å². The second-order valence-corrected chi connectivity index (χ2v) is 4.66. The largest absolute Gasteiger partial charge is 0.397 e. The van der Waals surface area contributed by atoms with Crippen LogP contribution in [0.3, 0.4) is 0 Å². The van der Waals surface area contributed by atoms with Crippen molar-refractivity contribution in [1.82, 2.24) is 0 Å². The van der Waals surface area contributed by atoms with E-state index in [1.165, 1.54) is 11.8 Å². The topological polar surface area (TPSA) is 46.3 Å². The zero-order chi connectivity index (χ0) is 10.3. The number of rotatable bonds is 1. The molecule has 1 heterocycles. The molecule has 14 heavy (non-hydrogen) atoms. The second kappa shape index (κ2) is 3.37. The summed E-state index contributed by atoms with van der Waals surface area (Å²) in [6, 6.07) is 3.60. The Labute approximate surface area is 91.2 Å². The molecule has 0 radical (unpaired) electrons. The summed E-state index contributed by atoms with van der Waals surface area (Å²) in [6.07, 6.45) is 0.911. The third-order valence-electron chi connectivity index (χ3n) is 2.20. The Morgan fingerprint density at radius 3 is 3.00 bits per heavy atom. The highest BCUT2D eigenvalue weighted by Crippen LogP contribution is 2.44. The van der Waals surface area contributed by atoms with Crippen molar-refractivity contribution in [2.45, 2.75) is 10.3 Å². The molecule has 1 aromatic rings. The zero-order valence-electron chi connectivity index (χ0n) is 7.53. The van der Waals surface area contributed by atoms with Gasteiger partial charge in [0.2, 0.25) is 0 Å². The number of thioether (sulfide) groups is 1. The smallest absolute Gasteiger partial charge is 0.153 e. The fraction of sp³-hybridized carbons (Fsp3) is 0.222. The average molecular weight is 229 g/mol. The number of carbonyl (C=O) groups is 1. The van der Waals surface area contributed by atoms with Gasteiger partial charge in [0, 0.05) is 11.9 Å². The lowest BCUT2D eigenvalue weighted by Gasteiger charge is -2.16. The van der Waals surface area contributed by atoms with Crippen molar-refractivity contribution in [3.05, 3.63) is 17.2 Å². The molecule has 5 heteroatoms. The summed E-state index contributed by atoms with van der Waals surface area (Å²) < 4.78 is 0. The van der Waals surface area contributed by atoms with E-state index < -0.39 is 0 Å². The van der Waals surface area contributed by atoms with Crippen molar-refractivity contribution in [2.75, 3.05) is 17.7 Å². The maximum absolute atomic E-state index is 10.7. The van der Waals surface area contributed by atoms with E-state index in [2.05, 4.69) is 0 Å². The highest BCUT2D eigenvalue weighted by Gasteiger charge is 2.27. The molecule has 0 fully saturated rings. The molecule has 0 saturated heterocycles. The highest BCUT2D eigenvalue weighted by molar-refractivity contribution is 8.01. The molecule has 1 atom stereocenters. The maximum atomic E-state index is 10.7. The Bertz CT molecular complexity index is 397. The molecular weight excluding hydrogens is 220 g/mol. The fourth-order valence-electron chi connectivity index (χ4n) is 1.39. The third-order valence-corrected chi connectivity index (χ3v) is 3.78. The van der Waals surface area contributed by atoms with Crippen LogP contribution in [0.4, 0.5) is 11.4 Å². The van der Waals surface area contributed by atoms with Gasteiger partial charge in [-0.3, -0.25) is 0 Å². The molecule has 1 aliphatic heterocycles. The van der Waals surface area contributed by atoms with Gasteiger partial charge in [0.1, 0.15) is 5.37 Å². The number of nitrogen functional groups attached to an aromatic ring is 1. The standard InChI is InChI=1S/C9H9ClN2OS/c1-12-7-2-5(10)6(11)3-8(7)14-9(12)4-13/h2-4,9H,11H2,1H3. The first kappa shape index (κ1) is 9.68. The Kier molecular flexibility index (Phi) is 2.33. The number of aldehydes is 1. The second-order valence-electron chi connectivity index (χ2n) is 3.10. The monoisotopic (exact) mass is 228 g/mol. The molecule has 74 valence electrons. The summed E-state index contributed by atoms with van der Waals surface area (Å²) in [5, 5.41) is 0.366. The van der Waals surface area contributed by atoms with Gasteiger partial charge in [-0.2, -0.15) is 0 Å². The van der Waals surface area contributed by atoms with Gasteiger partial charge in [-0.1, -0.05) is 23.4 Å². The predicted molar refractivity (Wildman–Crippen MR) is 60.0 cm³/mol. The molecule has 0 aliphatic carbocycles. The summed E-state index contributed by atoms with van der Waals surface area (Å²) in [5.74, 6) is 0. The number of likely N-dealkylation sites (N-methyl/N-ethyl adjacent to an activating group) is 1. The number of fused-ring (bicyclic) bond motifs is 1. The normalized spacial score (nSPS) is 19.6. The molecule has 0 amide bonds. The molecule has 2 rings (SSSR count). The number of hydrogen-bond donors (Lipinski definition) is 1. The zero-order valence-corrected chi connectivity index (χ0v) is 9.10. The van der Waals surface area contributed by atoms with Crippen LogP contribution in [0.1, 0.15) is 0 Å². The minimum Gasteiger partial charge on any atom is -0.397 e. The first-order valence-electron chi connectivity index (χ1n) is 4.07. The van der Waals surface area contributed by atoms with Crippen molar-refractivity contribution < 1.29 is 4.79 Å². The van der Waals surface area contributed by atoms with Crippen molar-refractivity contribution in [2.24, 2.45) is 0 Å². The van der Waals surface area contributed by atoms with Crippen LogP contribution < -0.4 is 10.6 Å². The summed E-state index contributed by atoms with van der Waals surface area (Å²) in [5.41, 5.74) is 7.19. The van der Waals surface area contributed by atoms with Gasteiger partial charge < -0.3 is 15.4 Å². The highest BCUT2D eigenvalue weighted by atomic mass is 35.5. The van der Waals surface area contributed by atoms with E-state index in [1.807, 2.05) is 18.0 Å². The molecule has 2 N–H and O–H groups in total. The Balaban J connectivity index is 2.49. The van der Waals surface area contributed by atoms with E-state index in [1.54, 1.807) is 6.07 Å². The van der Waals surface area contributed by atoms with Crippen LogP contribution in [0.15, 0.2) is 17.0 Å². The van der Waals surface area contributed by atoms with Crippen LogP contribution in [0.2, 0.25) is 5.02 Å². The van der Waals surface area contributed by atoms with Crippen LogP contribution in [-0.4, -0.2) is 18.7 Å². The molecule has 1 unspecified atom stereocenters. The third kappa shape index (κ3) is 1.35. The number of nitrogens with two attached hydrogens (primary N) is 1. The van der Waals surface area contributed by atoms with Gasteiger partial charge in [0.25, 0.3) is 0 Å². The molecule has 1 aliphatic rings. The first-order chi connectivity index (χ1) is 6.63. The quantitative estimate of drug-likeness (QED) is 0.590. The lowest BCUT2D eigenvalue weighted by atomic mass is 10.2. The van der Waals surface area contributed by atoms with Gasteiger partial charge in [0.05, 0.1) is 16.4 Å². The van der Waals surface area contributed by atoms with Crippen LogP contribution in [-0.2, 0) is 4.79 Å². The summed E-state index contributed by atoms with van der Waals surface area (Å²) >= 11 is 7.39. The van der Waals surface area contributed by atoms with E-state index >= 15 is 0 Å². The Morgan fingerprint density at radius 1 is 1.64 bits per heavy atom. The number of benzene rings is 1. The molecule has 0 aromatic heterocycles. The van der Waals surface area contributed by atoms with Crippen LogP contribution >= 0.6 is 23.4 Å². The minimum absolute atomic E-state index is 0.164. The van der Waals surface area contributed by atoms with E-state index in [9.17, 15) is 4.79 Å². The fourth-order valence-corrected chi connectivity index (χ4v) is 2.66. The lowest BCUT2D eigenvalue weighted by Crippen LogP contribution is -2.25. The molecule has 0 bridgehead atoms. The lowest BCUT2D eigenvalue weighted by molar-refractivity contribution is -0.107. The molecule has 0 spiro atoms. The molecule has 0 saturated carbocycles. The number of hydrogen-bond acceptors (Lipinski definition) is 4. The van der Waals surface area contributed by atoms with Gasteiger partial charge in [-0.05, 0) is 12.1 Å². The number of carbonyl (C=O) groups excluding carboxylic acids is 1. The Hall–Kier alpha value is -0.870. The minimum atomic E-state index is -0.164. The number of anilines is 2. The summed E-state index contributed by atoms with van der Waals surface area (Å²) in [7, 11) is 1.87. The Morgan fingerprint density at radius 2 is 2.36 bits per heavy atom. The van der Waals surface area contributed by atoms with Crippen molar-refractivity contribution >= 4 is 41.0 Å². The molecule has 3 nitrogen and oxygen atoms in total. The molecular formula is C9H9ClN2OS. The first-order valence-corrected chi connectivity index (χ1v) is 5.33. The predicted octanol–water partition coefficient (Wildman–Crippen LogP) is 1.99. The SMILES string of the molecule is CN1c2cc(Cl)c(N)cc2SC1C=O. The van der Waals surface area contributed by atoms with Gasteiger partial charge in [-0.15, -0.1) is 0 Å². The average Bonchev–Trinajstić information content (AvgIpc) is 2.45. The van der Waals surface area contributed by atoms with E-state index in [-0.39, 0.29) is 5.37 Å².